The monoisotopic (exact) mass is 292 g/mol. The fraction of sp³-hybridized carbons (Fsp3) is 0.462. The van der Waals surface area contributed by atoms with Crippen LogP contribution in [0, 0.1) is 17.6 Å². The van der Waals surface area contributed by atoms with Gasteiger partial charge in [-0.05, 0) is 24.6 Å². The average Bonchev–Trinajstić information content (AvgIpc) is 2.38. The highest BCUT2D eigenvalue weighted by molar-refractivity contribution is 5.85. The first-order chi connectivity index (χ1) is 8.38. The number of hydrogen-bond acceptors (Lipinski definition) is 2. The van der Waals surface area contributed by atoms with Gasteiger partial charge in [-0.15, -0.1) is 12.4 Å². The summed E-state index contributed by atoms with van der Waals surface area (Å²) in [5.74, 6) is -2.21. The van der Waals surface area contributed by atoms with Gasteiger partial charge in [0.05, 0.1) is 6.04 Å². The molecule has 1 aromatic rings. The first kappa shape index (κ1) is 17.8. The van der Waals surface area contributed by atoms with Crippen LogP contribution in [0.5, 0.6) is 0 Å². The summed E-state index contributed by atoms with van der Waals surface area (Å²) in [7, 11) is 1.63. The SMILES string of the molecule is CC(CN)C(=O)N(C)C(C)c1ccc(F)c(F)c1.Cl. The van der Waals surface area contributed by atoms with Crippen LogP contribution in [0.2, 0.25) is 0 Å². The number of halogens is 3. The highest BCUT2D eigenvalue weighted by atomic mass is 35.5. The van der Waals surface area contributed by atoms with Crippen LogP contribution in [0.4, 0.5) is 8.78 Å². The third kappa shape index (κ3) is 4.14. The van der Waals surface area contributed by atoms with Crippen LogP contribution < -0.4 is 5.73 Å². The van der Waals surface area contributed by atoms with E-state index in [0.717, 1.165) is 12.1 Å². The van der Waals surface area contributed by atoms with Gasteiger partial charge in [-0.2, -0.15) is 0 Å². The summed E-state index contributed by atoms with van der Waals surface area (Å²) in [6.45, 7) is 3.75. The van der Waals surface area contributed by atoms with E-state index in [-0.39, 0.29) is 36.8 Å². The fourth-order valence-electron chi connectivity index (χ4n) is 1.64. The molecule has 0 saturated carbocycles. The van der Waals surface area contributed by atoms with Gasteiger partial charge in [0, 0.05) is 19.5 Å². The molecule has 0 heterocycles. The lowest BCUT2D eigenvalue weighted by Crippen LogP contribution is -2.36. The minimum Gasteiger partial charge on any atom is -0.339 e. The van der Waals surface area contributed by atoms with E-state index in [2.05, 4.69) is 0 Å². The Hall–Kier alpha value is -1.20. The number of nitrogens with two attached hydrogens (primary N) is 1. The number of carbonyl (C=O) groups is 1. The molecule has 108 valence electrons. The summed E-state index contributed by atoms with van der Waals surface area (Å²) >= 11 is 0. The van der Waals surface area contributed by atoms with E-state index >= 15 is 0 Å². The lowest BCUT2D eigenvalue weighted by Gasteiger charge is -2.27. The summed E-state index contributed by atoms with van der Waals surface area (Å²) in [5.41, 5.74) is 5.99. The van der Waals surface area contributed by atoms with Crippen LogP contribution in [-0.2, 0) is 4.79 Å². The van der Waals surface area contributed by atoms with Gasteiger partial charge >= 0.3 is 0 Å². The number of carbonyl (C=O) groups excluding carboxylic acids is 1. The van der Waals surface area contributed by atoms with E-state index in [0.29, 0.717) is 5.56 Å². The van der Waals surface area contributed by atoms with Gasteiger partial charge in [-0.25, -0.2) is 8.78 Å². The van der Waals surface area contributed by atoms with Crippen LogP contribution in [0.15, 0.2) is 18.2 Å². The van der Waals surface area contributed by atoms with Crippen LogP contribution >= 0.6 is 12.4 Å². The molecule has 0 spiro atoms. The van der Waals surface area contributed by atoms with Crippen LogP contribution in [0.1, 0.15) is 25.5 Å². The lowest BCUT2D eigenvalue weighted by atomic mass is 10.0. The number of amides is 1. The Bertz CT molecular complexity index is 443. The minimum atomic E-state index is -0.910. The highest BCUT2D eigenvalue weighted by Gasteiger charge is 2.22. The van der Waals surface area contributed by atoms with Crippen LogP contribution in [0.3, 0.4) is 0 Å². The molecule has 1 rings (SSSR count). The van der Waals surface area contributed by atoms with Gasteiger partial charge in [0.25, 0.3) is 0 Å². The van der Waals surface area contributed by atoms with Crippen molar-refractivity contribution in [3.63, 3.8) is 0 Å². The van der Waals surface area contributed by atoms with Gasteiger partial charge in [0.1, 0.15) is 0 Å². The van der Waals surface area contributed by atoms with Crippen molar-refractivity contribution >= 4 is 18.3 Å². The Morgan fingerprint density at radius 3 is 2.37 bits per heavy atom. The molecular formula is C13H19ClF2N2O. The van der Waals surface area contributed by atoms with Crippen molar-refractivity contribution in [3.05, 3.63) is 35.4 Å². The average molecular weight is 293 g/mol. The van der Waals surface area contributed by atoms with E-state index in [1.165, 1.54) is 11.0 Å². The van der Waals surface area contributed by atoms with Crippen LogP contribution in [0.25, 0.3) is 0 Å². The number of benzene rings is 1. The van der Waals surface area contributed by atoms with Gasteiger partial charge in [0.15, 0.2) is 11.6 Å². The molecule has 0 saturated heterocycles. The van der Waals surface area contributed by atoms with E-state index in [4.69, 9.17) is 5.73 Å². The predicted molar refractivity (Wildman–Crippen MR) is 73.0 cm³/mol. The first-order valence-corrected chi connectivity index (χ1v) is 5.80. The Morgan fingerprint density at radius 1 is 1.32 bits per heavy atom. The lowest BCUT2D eigenvalue weighted by molar-refractivity contribution is -0.135. The van der Waals surface area contributed by atoms with E-state index in [9.17, 15) is 13.6 Å². The molecular weight excluding hydrogens is 274 g/mol. The maximum absolute atomic E-state index is 13.1. The third-order valence-corrected chi connectivity index (χ3v) is 3.13. The van der Waals surface area contributed by atoms with Crippen molar-refractivity contribution in [1.29, 1.82) is 0 Å². The van der Waals surface area contributed by atoms with Gasteiger partial charge in [-0.3, -0.25) is 4.79 Å². The summed E-state index contributed by atoms with van der Waals surface area (Å²) in [5, 5.41) is 0. The zero-order valence-corrected chi connectivity index (χ0v) is 12.0. The largest absolute Gasteiger partial charge is 0.339 e. The smallest absolute Gasteiger partial charge is 0.226 e. The minimum absolute atomic E-state index is 0. The normalized spacial score (nSPS) is 13.4. The van der Waals surface area contributed by atoms with Crippen molar-refractivity contribution in [3.8, 4) is 0 Å². The molecule has 3 nitrogen and oxygen atoms in total. The summed E-state index contributed by atoms with van der Waals surface area (Å²) in [6.07, 6.45) is 0. The van der Waals surface area contributed by atoms with Crippen molar-refractivity contribution < 1.29 is 13.6 Å². The number of hydrogen-bond donors (Lipinski definition) is 1. The second-order valence-corrected chi connectivity index (χ2v) is 4.44. The molecule has 0 aliphatic heterocycles. The topological polar surface area (TPSA) is 46.3 Å². The van der Waals surface area contributed by atoms with Crippen molar-refractivity contribution in [2.24, 2.45) is 11.7 Å². The Morgan fingerprint density at radius 2 is 1.89 bits per heavy atom. The van der Waals surface area contributed by atoms with Crippen LogP contribution in [-0.4, -0.2) is 24.4 Å². The maximum atomic E-state index is 13.1. The molecule has 1 amide bonds. The summed E-state index contributed by atoms with van der Waals surface area (Å²) < 4.78 is 26.0. The number of nitrogens with zero attached hydrogens (tertiary/aromatic N) is 1. The molecule has 0 bridgehead atoms. The van der Waals surface area contributed by atoms with Crippen molar-refractivity contribution in [2.75, 3.05) is 13.6 Å². The zero-order chi connectivity index (χ0) is 13.9. The molecule has 2 atom stereocenters. The van der Waals surface area contributed by atoms with Crippen molar-refractivity contribution in [2.45, 2.75) is 19.9 Å². The zero-order valence-electron chi connectivity index (χ0n) is 11.2. The second-order valence-electron chi connectivity index (χ2n) is 4.44. The van der Waals surface area contributed by atoms with Gasteiger partial charge in [0.2, 0.25) is 5.91 Å². The highest BCUT2D eigenvalue weighted by Crippen LogP contribution is 2.22. The molecule has 19 heavy (non-hydrogen) atoms. The predicted octanol–water partition coefficient (Wildman–Crippen LogP) is 2.50. The molecule has 1 aromatic carbocycles. The molecule has 2 N–H and O–H groups in total. The summed E-state index contributed by atoms with van der Waals surface area (Å²) in [4.78, 5) is 13.4. The van der Waals surface area contributed by atoms with E-state index < -0.39 is 11.6 Å². The molecule has 0 aliphatic carbocycles. The van der Waals surface area contributed by atoms with E-state index in [1.807, 2.05) is 0 Å². The molecule has 0 fully saturated rings. The molecule has 6 heteroatoms. The summed E-state index contributed by atoms with van der Waals surface area (Å²) in [6, 6.07) is 3.31. The molecule has 0 radical (unpaired) electrons. The fourth-order valence-corrected chi connectivity index (χ4v) is 1.64. The quantitative estimate of drug-likeness (QED) is 0.927. The molecule has 0 aliphatic rings. The second kappa shape index (κ2) is 7.40. The molecule has 2 unspecified atom stereocenters. The van der Waals surface area contributed by atoms with Gasteiger partial charge in [-0.1, -0.05) is 13.0 Å². The standard InChI is InChI=1S/C13H18F2N2O.ClH/c1-8(7-16)13(18)17(3)9(2)10-4-5-11(14)12(15)6-10;/h4-6,8-9H,7,16H2,1-3H3;1H. The Balaban J connectivity index is 0.00000324. The van der Waals surface area contributed by atoms with Crippen molar-refractivity contribution in [1.82, 2.24) is 4.90 Å². The maximum Gasteiger partial charge on any atom is 0.226 e. The van der Waals surface area contributed by atoms with E-state index in [1.54, 1.807) is 20.9 Å². The third-order valence-electron chi connectivity index (χ3n) is 3.13. The Kier molecular flexibility index (Phi) is 6.94. The Labute approximate surface area is 118 Å². The van der Waals surface area contributed by atoms with Gasteiger partial charge < -0.3 is 10.6 Å². The first-order valence-electron chi connectivity index (χ1n) is 5.80. The number of rotatable bonds is 4. The molecule has 0 aromatic heterocycles.